The topological polar surface area (TPSA) is 45.5 Å². The molecule has 0 saturated carbocycles. The number of hydrogen-bond acceptors (Lipinski definition) is 2. The van der Waals surface area contributed by atoms with Gasteiger partial charge in [0.25, 0.3) is 0 Å². The van der Waals surface area contributed by atoms with Crippen LogP contribution in [-0.4, -0.2) is 17.5 Å². The van der Waals surface area contributed by atoms with Crippen molar-refractivity contribution < 1.29 is 9.21 Å². The number of nitrogens with zero attached hydrogens (tertiary/aromatic N) is 1. The van der Waals surface area contributed by atoms with Crippen molar-refractivity contribution in [2.45, 2.75) is 13.0 Å². The molecular weight excluding hydrogens is 336 g/mol. The number of urea groups is 1. The number of carbonyl (C=O) groups excluding carboxylic acids is 1. The summed E-state index contributed by atoms with van der Waals surface area (Å²) >= 11 is 5.89. The molecular formula is C20H19ClN2O2. The lowest BCUT2D eigenvalue weighted by atomic mass is 10.1. The normalized spacial score (nSPS) is 10.4. The molecule has 4 nitrogen and oxygen atoms in total. The molecule has 0 spiro atoms. The molecule has 0 atom stereocenters. The number of nitrogens with one attached hydrogen (secondary N) is 1. The Hall–Kier alpha value is -2.72. The van der Waals surface area contributed by atoms with Gasteiger partial charge in [-0.25, -0.2) is 4.79 Å². The molecule has 3 rings (SSSR count). The number of hydrogen-bond donors (Lipinski definition) is 1. The van der Waals surface area contributed by atoms with E-state index in [1.807, 2.05) is 30.3 Å². The maximum atomic E-state index is 12.7. The molecule has 1 aromatic heterocycles. The molecule has 0 aliphatic carbocycles. The molecule has 1 N–H and O–H groups in total. The van der Waals surface area contributed by atoms with Crippen LogP contribution >= 0.6 is 11.6 Å². The number of benzene rings is 2. The number of anilines is 1. The molecule has 0 saturated heterocycles. The molecule has 0 bridgehead atoms. The fraction of sp³-hybridized carbons (Fsp3) is 0.150. The predicted molar refractivity (Wildman–Crippen MR) is 99.7 cm³/mol. The standard InChI is InChI=1S/C20H19ClN2O2/c21-17-8-10-18(11-9-17)22-20(24)23(15-19-7-4-14-25-19)13-12-16-5-2-1-3-6-16/h1-11,14H,12-13,15H2,(H,22,24). The number of furan rings is 1. The fourth-order valence-corrected chi connectivity index (χ4v) is 2.61. The van der Waals surface area contributed by atoms with Crippen molar-refractivity contribution in [3.63, 3.8) is 0 Å². The van der Waals surface area contributed by atoms with Crippen molar-refractivity contribution >= 4 is 23.3 Å². The van der Waals surface area contributed by atoms with Crippen molar-refractivity contribution in [3.05, 3.63) is 89.3 Å². The minimum Gasteiger partial charge on any atom is -0.467 e. The Morgan fingerprint density at radius 1 is 1.00 bits per heavy atom. The van der Waals surface area contributed by atoms with E-state index in [4.69, 9.17) is 16.0 Å². The molecule has 5 heteroatoms. The van der Waals surface area contributed by atoms with Gasteiger partial charge in [0.2, 0.25) is 0 Å². The summed E-state index contributed by atoms with van der Waals surface area (Å²) in [5.41, 5.74) is 1.89. The molecule has 0 fully saturated rings. The first-order chi connectivity index (χ1) is 12.2. The van der Waals surface area contributed by atoms with Gasteiger partial charge in [0.05, 0.1) is 12.8 Å². The highest BCUT2D eigenvalue weighted by Crippen LogP contribution is 2.15. The zero-order valence-electron chi connectivity index (χ0n) is 13.7. The van der Waals surface area contributed by atoms with Crippen molar-refractivity contribution in [3.8, 4) is 0 Å². The highest BCUT2D eigenvalue weighted by atomic mass is 35.5. The molecule has 2 aromatic carbocycles. The summed E-state index contributed by atoms with van der Waals surface area (Å²) in [4.78, 5) is 14.4. The second kappa shape index (κ2) is 8.40. The van der Waals surface area contributed by atoms with Crippen molar-refractivity contribution in [1.82, 2.24) is 4.90 Å². The number of carbonyl (C=O) groups is 1. The third kappa shape index (κ3) is 5.13. The van der Waals surface area contributed by atoms with Gasteiger partial charge in [-0.2, -0.15) is 0 Å². The molecule has 0 radical (unpaired) electrons. The second-order valence-electron chi connectivity index (χ2n) is 5.67. The Bertz CT molecular complexity index is 786. The van der Waals surface area contributed by atoms with E-state index in [-0.39, 0.29) is 6.03 Å². The van der Waals surface area contributed by atoms with E-state index < -0.39 is 0 Å². The van der Waals surface area contributed by atoms with Crippen LogP contribution in [0.3, 0.4) is 0 Å². The van der Waals surface area contributed by atoms with Crippen molar-refractivity contribution in [1.29, 1.82) is 0 Å². The third-order valence-electron chi connectivity index (χ3n) is 3.82. The Morgan fingerprint density at radius 2 is 1.76 bits per heavy atom. The summed E-state index contributed by atoms with van der Waals surface area (Å²) in [6.45, 7) is 1.00. The molecule has 0 aliphatic rings. The monoisotopic (exact) mass is 354 g/mol. The van der Waals surface area contributed by atoms with Gasteiger partial charge in [0.1, 0.15) is 5.76 Å². The van der Waals surface area contributed by atoms with E-state index >= 15 is 0 Å². The zero-order chi connectivity index (χ0) is 17.5. The van der Waals surface area contributed by atoms with Gasteiger partial charge in [0, 0.05) is 17.3 Å². The summed E-state index contributed by atoms with van der Waals surface area (Å²) in [5.74, 6) is 0.749. The average Bonchev–Trinajstić information content (AvgIpc) is 3.14. The van der Waals surface area contributed by atoms with E-state index in [0.29, 0.717) is 23.8 Å². The van der Waals surface area contributed by atoms with E-state index in [9.17, 15) is 4.79 Å². The molecule has 1 heterocycles. The molecule has 0 unspecified atom stereocenters. The van der Waals surface area contributed by atoms with Gasteiger partial charge >= 0.3 is 6.03 Å². The zero-order valence-corrected chi connectivity index (χ0v) is 14.4. The fourth-order valence-electron chi connectivity index (χ4n) is 2.49. The number of amides is 2. The Morgan fingerprint density at radius 3 is 2.44 bits per heavy atom. The Kier molecular flexibility index (Phi) is 5.75. The number of rotatable bonds is 6. The highest BCUT2D eigenvalue weighted by molar-refractivity contribution is 6.30. The van der Waals surface area contributed by atoms with Gasteiger partial charge < -0.3 is 14.6 Å². The summed E-state index contributed by atoms with van der Waals surface area (Å²) in [6, 6.07) is 20.7. The van der Waals surface area contributed by atoms with E-state index in [1.165, 1.54) is 5.56 Å². The lowest BCUT2D eigenvalue weighted by molar-refractivity contribution is 0.205. The summed E-state index contributed by atoms with van der Waals surface area (Å²) in [7, 11) is 0. The maximum absolute atomic E-state index is 12.7. The number of halogens is 1. The average molecular weight is 355 g/mol. The first kappa shape index (κ1) is 17.1. The van der Waals surface area contributed by atoms with Gasteiger partial charge in [-0.05, 0) is 48.4 Å². The van der Waals surface area contributed by atoms with Gasteiger partial charge in [-0.1, -0.05) is 41.9 Å². The van der Waals surface area contributed by atoms with Crippen LogP contribution in [0.5, 0.6) is 0 Å². The van der Waals surface area contributed by atoms with Gasteiger partial charge in [0.15, 0.2) is 0 Å². The quantitative estimate of drug-likeness (QED) is 0.660. The third-order valence-corrected chi connectivity index (χ3v) is 4.07. The first-order valence-corrected chi connectivity index (χ1v) is 8.46. The smallest absolute Gasteiger partial charge is 0.322 e. The molecule has 25 heavy (non-hydrogen) atoms. The van der Waals surface area contributed by atoms with Crippen molar-refractivity contribution in [2.24, 2.45) is 0 Å². The van der Waals surface area contributed by atoms with Crippen LogP contribution in [-0.2, 0) is 13.0 Å². The van der Waals surface area contributed by atoms with Crippen LogP contribution in [0.15, 0.2) is 77.4 Å². The molecule has 2 amide bonds. The molecule has 3 aromatic rings. The van der Waals surface area contributed by atoms with Crippen LogP contribution in [0.1, 0.15) is 11.3 Å². The van der Waals surface area contributed by atoms with Gasteiger partial charge in [-0.15, -0.1) is 0 Å². The summed E-state index contributed by atoms with van der Waals surface area (Å²) in [5, 5.41) is 3.54. The minimum atomic E-state index is -0.172. The largest absolute Gasteiger partial charge is 0.467 e. The minimum absolute atomic E-state index is 0.172. The van der Waals surface area contributed by atoms with Gasteiger partial charge in [-0.3, -0.25) is 0 Å². The van der Waals surface area contributed by atoms with E-state index in [1.54, 1.807) is 35.4 Å². The van der Waals surface area contributed by atoms with E-state index in [2.05, 4.69) is 17.4 Å². The molecule has 128 valence electrons. The van der Waals surface area contributed by atoms with E-state index in [0.717, 1.165) is 12.2 Å². The predicted octanol–water partition coefficient (Wildman–Crippen LogP) is 5.21. The summed E-state index contributed by atoms with van der Waals surface area (Å²) < 4.78 is 5.39. The second-order valence-corrected chi connectivity index (χ2v) is 6.11. The Labute approximate surface area is 152 Å². The van der Waals surface area contributed by atoms with Crippen LogP contribution in [0.25, 0.3) is 0 Å². The maximum Gasteiger partial charge on any atom is 0.322 e. The Balaban J connectivity index is 1.68. The van der Waals surface area contributed by atoms with Crippen LogP contribution in [0.2, 0.25) is 5.02 Å². The lowest BCUT2D eigenvalue weighted by Gasteiger charge is -2.22. The SMILES string of the molecule is O=C(Nc1ccc(Cl)cc1)N(CCc1ccccc1)Cc1ccco1. The van der Waals surface area contributed by atoms with Crippen LogP contribution in [0.4, 0.5) is 10.5 Å². The summed E-state index contributed by atoms with van der Waals surface area (Å²) in [6.07, 6.45) is 2.39. The van der Waals surface area contributed by atoms with Crippen molar-refractivity contribution in [2.75, 3.05) is 11.9 Å². The van der Waals surface area contributed by atoms with Crippen LogP contribution in [0, 0.1) is 0 Å². The lowest BCUT2D eigenvalue weighted by Crippen LogP contribution is -2.36. The van der Waals surface area contributed by atoms with Crippen LogP contribution < -0.4 is 5.32 Å². The first-order valence-electron chi connectivity index (χ1n) is 8.08. The highest BCUT2D eigenvalue weighted by Gasteiger charge is 2.15. The molecule has 0 aliphatic heterocycles.